The molecule has 13 heteroatoms. The van der Waals surface area contributed by atoms with Crippen molar-refractivity contribution in [2.45, 2.75) is 20.0 Å². The maximum Gasteiger partial charge on any atom is 0.349 e. The fourth-order valence-electron chi connectivity index (χ4n) is 2.86. The van der Waals surface area contributed by atoms with Crippen molar-refractivity contribution in [2.75, 3.05) is 0 Å². The minimum Gasteiger partial charge on any atom is -0.427 e. The van der Waals surface area contributed by atoms with Crippen LogP contribution in [-0.2, 0) is 4.79 Å². The molecule has 0 aliphatic carbocycles. The third-order valence-electron chi connectivity index (χ3n) is 4.35. The smallest absolute Gasteiger partial charge is 0.349 e. The molecular weight excluding hydrogens is 471 g/mol. The van der Waals surface area contributed by atoms with Crippen LogP contribution in [0.2, 0.25) is 0 Å². The third-order valence-corrected chi connectivity index (χ3v) is 4.35. The van der Waals surface area contributed by atoms with E-state index in [4.69, 9.17) is 9.15 Å². The lowest BCUT2D eigenvalue weighted by Crippen LogP contribution is -2.47. The van der Waals surface area contributed by atoms with Gasteiger partial charge in [0.05, 0.1) is 6.17 Å². The fourth-order valence-corrected chi connectivity index (χ4v) is 2.86. The van der Waals surface area contributed by atoms with Crippen LogP contribution < -0.4 is 21.0 Å². The molecule has 0 saturated carbocycles. The quantitative estimate of drug-likeness (QED) is 0.110. The maximum absolute atomic E-state index is 13.8. The van der Waals surface area contributed by atoms with Crippen LogP contribution >= 0.6 is 0 Å². The lowest BCUT2D eigenvalue weighted by molar-refractivity contribution is -0.131. The van der Waals surface area contributed by atoms with E-state index in [1.807, 2.05) is 5.32 Å². The second-order valence-electron chi connectivity index (χ2n) is 6.85. The molecule has 0 radical (unpaired) electrons. The van der Waals surface area contributed by atoms with Crippen LogP contribution in [0.1, 0.15) is 34.6 Å². The summed E-state index contributed by atoms with van der Waals surface area (Å²) >= 11 is 0. The van der Waals surface area contributed by atoms with Gasteiger partial charge in [-0.2, -0.15) is 0 Å². The van der Waals surface area contributed by atoms with Gasteiger partial charge in [-0.1, -0.05) is 0 Å². The average Bonchev–Trinajstić information content (AvgIpc) is 2.75. The van der Waals surface area contributed by atoms with Gasteiger partial charge >= 0.3 is 11.6 Å². The molecule has 0 saturated heterocycles. The lowest BCUT2D eigenvalue weighted by Gasteiger charge is -2.16. The van der Waals surface area contributed by atoms with Crippen molar-refractivity contribution in [2.24, 2.45) is 0 Å². The van der Waals surface area contributed by atoms with Gasteiger partial charge in [-0.05, 0) is 25.1 Å². The Bertz CT molecular complexity index is 1380. The van der Waals surface area contributed by atoms with E-state index in [1.165, 1.54) is 25.1 Å². The molecule has 178 valence electrons. The van der Waals surface area contributed by atoms with E-state index in [0.29, 0.717) is 0 Å². The molecule has 2 amide bonds. The molecule has 2 N–H and O–H groups in total. The predicted molar refractivity (Wildman–Crippen MR) is 104 cm³/mol. The third kappa shape index (κ3) is 4.72. The molecule has 8 nitrogen and oxygen atoms in total. The highest BCUT2D eigenvalue weighted by molar-refractivity contribution is 5.98. The fraction of sp³-hybridized carbons (Fsp3) is 0.143. The molecule has 1 unspecified atom stereocenters. The van der Waals surface area contributed by atoms with E-state index in [2.05, 4.69) is 5.32 Å². The molecule has 0 aliphatic rings. The van der Waals surface area contributed by atoms with Gasteiger partial charge in [0.1, 0.15) is 22.5 Å². The summed E-state index contributed by atoms with van der Waals surface area (Å²) in [5, 5.41) is 4.22. The number of rotatable bonds is 5. The number of hydrogen-bond acceptors (Lipinski definition) is 6. The number of halogens is 5. The molecule has 0 aliphatic heterocycles. The minimum absolute atomic E-state index is 0.00651. The van der Waals surface area contributed by atoms with E-state index in [-0.39, 0.29) is 16.7 Å². The Morgan fingerprint density at radius 3 is 2.03 bits per heavy atom. The first kappa shape index (κ1) is 24.4. The molecule has 3 rings (SSSR count). The van der Waals surface area contributed by atoms with Crippen molar-refractivity contribution in [3.63, 3.8) is 0 Å². The standard InChI is InChI=1S/C21H13F5N2O6/c1-7(28-20(31)13-14(22)16(24)18(26)17(25)15(13)23)27-19(30)11-5-9-3-4-10(33-8(2)29)6-12(9)34-21(11)32/h3-7H,1-2H3,(H,27,30)(H,28,31). The van der Waals surface area contributed by atoms with Crippen molar-refractivity contribution in [1.82, 2.24) is 10.6 Å². The summed E-state index contributed by atoms with van der Waals surface area (Å²) in [5.74, 6) is -15.1. The molecule has 3 aromatic rings. The normalized spacial score (nSPS) is 11.7. The summed E-state index contributed by atoms with van der Waals surface area (Å²) < 4.78 is 77.2. The zero-order chi connectivity index (χ0) is 25.3. The van der Waals surface area contributed by atoms with Gasteiger partial charge in [0, 0.05) is 18.4 Å². The van der Waals surface area contributed by atoms with E-state index >= 15 is 0 Å². The first-order valence-electron chi connectivity index (χ1n) is 9.30. The Morgan fingerprint density at radius 1 is 0.882 bits per heavy atom. The highest BCUT2D eigenvalue weighted by Crippen LogP contribution is 2.23. The number of amides is 2. The van der Waals surface area contributed by atoms with Crippen molar-refractivity contribution < 1.29 is 45.5 Å². The number of fused-ring (bicyclic) bond motifs is 1. The van der Waals surface area contributed by atoms with Crippen molar-refractivity contribution in [3.8, 4) is 5.75 Å². The van der Waals surface area contributed by atoms with Crippen LogP contribution in [0.5, 0.6) is 5.75 Å². The first-order chi connectivity index (χ1) is 15.9. The molecular formula is C21H13F5N2O6. The molecule has 2 aromatic carbocycles. The average molecular weight is 484 g/mol. The van der Waals surface area contributed by atoms with E-state index in [9.17, 15) is 41.1 Å². The zero-order valence-corrected chi connectivity index (χ0v) is 17.2. The van der Waals surface area contributed by atoms with Crippen molar-refractivity contribution in [3.05, 3.63) is 74.9 Å². The van der Waals surface area contributed by atoms with Gasteiger partial charge in [0.2, 0.25) is 5.82 Å². The second-order valence-corrected chi connectivity index (χ2v) is 6.85. The number of carbonyl (C=O) groups excluding carboxylic acids is 3. The largest absolute Gasteiger partial charge is 0.427 e. The molecule has 34 heavy (non-hydrogen) atoms. The maximum atomic E-state index is 13.8. The number of hydrogen-bond donors (Lipinski definition) is 2. The van der Waals surface area contributed by atoms with Gasteiger partial charge in [-0.15, -0.1) is 0 Å². The highest BCUT2D eigenvalue weighted by Gasteiger charge is 2.30. The SMILES string of the molecule is CC(=O)Oc1ccc2cc(C(=O)NC(C)NC(=O)c3c(F)c(F)c(F)c(F)c3F)c(=O)oc2c1. The van der Waals surface area contributed by atoms with Gasteiger partial charge in [0.15, 0.2) is 23.3 Å². The minimum atomic E-state index is -2.43. The predicted octanol–water partition coefficient (Wildman–Crippen LogP) is 2.92. The Balaban J connectivity index is 1.79. The van der Waals surface area contributed by atoms with E-state index in [0.717, 1.165) is 13.0 Å². The van der Waals surface area contributed by atoms with Crippen LogP contribution in [0.3, 0.4) is 0 Å². The van der Waals surface area contributed by atoms with Crippen LogP contribution in [0.4, 0.5) is 22.0 Å². The van der Waals surface area contributed by atoms with Crippen LogP contribution in [0, 0.1) is 29.1 Å². The van der Waals surface area contributed by atoms with Gasteiger partial charge in [-0.25, -0.2) is 26.7 Å². The summed E-state index contributed by atoms with van der Waals surface area (Å²) in [6.07, 6.45) is -1.42. The Hall–Kier alpha value is -4.29. The van der Waals surface area contributed by atoms with Crippen LogP contribution in [-0.4, -0.2) is 23.9 Å². The molecule has 1 atom stereocenters. The molecule has 0 spiro atoms. The van der Waals surface area contributed by atoms with Crippen molar-refractivity contribution in [1.29, 1.82) is 0 Å². The molecule has 0 bridgehead atoms. The Labute approximate surface area is 186 Å². The zero-order valence-electron chi connectivity index (χ0n) is 17.2. The summed E-state index contributed by atoms with van der Waals surface area (Å²) in [5.41, 5.74) is -3.38. The number of benzene rings is 2. The lowest BCUT2D eigenvalue weighted by atomic mass is 10.1. The molecule has 1 heterocycles. The van der Waals surface area contributed by atoms with Crippen molar-refractivity contribution >= 4 is 28.8 Å². The highest BCUT2D eigenvalue weighted by atomic mass is 19.2. The Kier molecular flexibility index (Phi) is 6.66. The summed E-state index contributed by atoms with van der Waals surface area (Å²) in [6, 6.07) is 5.14. The number of nitrogens with one attached hydrogen (secondary N) is 2. The Morgan fingerprint density at radius 2 is 1.44 bits per heavy atom. The van der Waals surface area contributed by atoms with Gasteiger partial charge < -0.3 is 19.8 Å². The topological polar surface area (TPSA) is 115 Å². The number of carbonyl (C=O) groups is 3. The summed E-state index contributed by atoms with van der Waals surface area (Å²) in [7, 11) is 0. The number of ether oxygens (including phenoxy) is 1. The first-order valence-corrected chi connectivity index (χ1v) is 9.30. The summed E-state index contributed by atoms with van der Waals surface area (Å²) in [4.78, 5) is 47.7. The molecule has 1 aromatic heterocycles. The summed E-state index contributed by atoms with van der Waals surface area (Å²) in [6.45, 7) is 2.27. The second kappa shape index (κ2) is 9.29. The van der Waals surface area contributed by atoms with Gasteiger partial charge in [-0.3, -0.25) is 14.4 Å². The van der Waals surface area contributed by atoms with E-state index in [1.54, 1.807) is 0 Å². The molecule has 0 fully saturated rings. The van der Waals surface area contributed by atoms with Crippen LogP contribution in [0.25, 0.3) is 11.0 Å². The monoisotopic (exact) mass is 484 g/mol. The van der Waals surface area contributed by atoms with Gasteiger partial charge in [0.25, 0.3) is 11.8 Å². The van der Waals surface area contributed by atoms with E-state index < -0.39 is 69.8 Å². The van der Waals surface area contributed by atoms with Crippen LogP contribution in [0.15, 0.2) is 33.5 Å². The number of esters is 1.